The second-order valence-electron chi connectivity index (χ2n) is 7.02. The Morgan fingerprint density at radius 2 is 2.00 bits per heavy atom. The number of amides is 2. The average molecular weight is 396 g/mol. The van der Waals surface area contributed by atoms with E-state index in [4.69, 9.17) is 13.9 Å². The molecule has 2 rings (SSSR count). The summed E-state index contributed by atoms with van der Waals surface area (Å²) in [4.78, 5) is 29.1. The molecule has 158 valence electrons. The van der Waals surface area contributed by atoms with Crippen LogP contribution in [0.5, 0.6) is 0 Å². The van der Waals surface area contributed by atoms with Crippen LogP contribution in [0.1, 0.15) is 34.7 Å². The maximum atomic E-state index is 12.9. The highest BCUT2D eigenvalue weighted by atomic mass is 16.5. The molecule has 0 bridgehead atoms. The summed E-state index contributed by atoms with van der Waals surface area (Å²) >= 11 is 0. The molecule has 1 aromatic heterocycles. The first-order chi connectivity index (χ1) is 13.5. The van der Waals surface area contributed by atoms with Crippen LogP contribution in [0.25, 0.3) is 0 Å². The number of hydrogen-bond acceptors (Lipinski definition) is 6. The molecule has 1 aliphatic heterocycles. The number of rotatable bonds is 11. The Morgan fingerprint density at radius 1 is 1.25 bits per heavy atom. The first-order valence-corrected chi connectivity index (χ1v) is 9.93. The van der Waals surface area contributed by atoms with Crippen LogP contribution in [0.15, 0.2) is 10.5 Å². The van der Waals surface area contributed by atoms with Crippen LogP contribution in [-0.2, 0) is 14.3 Å². The smallest absolute Gasteiger partial charge is 0.257 e. The predicted octanol–water partition coefficient (Wildman–Crippen LogP) is 1.21. The summed E-state index contributed by atoms with van der Waals surface area (Å²) in [5, 5.41) is 2.94. The van der Waals surface area contributed by atoms with E-state index in [-0.39, 0.29) is 18.2 Å². The molecule has 0 atom stereocenters. The number of hydrogen-bond donors (Lipinski definition) is 1. The Labute approximate surface area is 167 Å². The third-order valence-electron chi connectivity index (χ3n) is 4.80. The van der Waals surface area contributed by atoms with Crippen molar-refractivity contribution in [3.05, 3.63) is 23.2 Å². The van der Waals surface area contributed by atoms with Crippen molar-refractivity contribution in [1.29, 1.82) is 0 Å². The largest absolute Gasteiger partial charge is 0.466 e. The van der Waals surface area contributed by atoms with Gasteiger partial charge in [0.15, 0.2) is 0 Å². The minimum absolute atomic E-state index is 0.0436. The lowest BCUT2D eigenvalue weighted by molar-refractivity contribution is -0.121. The molecular weight excluding hydrogens is 362 g/mol. The van der Waals surface area contributed by atoms with E-state index >= 15 is 0 Å². The molecule has 1 aromatic rings. The van der Waals surface area contributed by atoms with Gasteiger partial charge in [-0.15, -0.1) is 0 Å². The normalized spacial score (nSPS) is 14.8. The van der Waals surface area contributed by atoms with Crippen LogP contribution < -0.4 is 5.32 Å². The molecule has 0 radical (unpaired) electrons. The van der Waals surface area contributed by atoms with E-state index in [1.54, 1.807) is 25.0 Å². The quantitative estimate of drug-likeness (QED) is 0.567. The molecule has 2 amide bonds. The minimum atomic E-state index is -0.105. The summed E-state index contributed by atoms with van der Waals surface area (Å²) in [6, 6.07) is 1.75. The van der Waals surface area contributed by atoms with Gasteiger partial charge in [0.25, 0.3) is 5.91 Å². The number of aryl methyl sites for hydroxylation is 2. The van der Waals surface area contributed by atoms with Crippen molar-refractivity contribution in [2.75, 3.05) is 66.2 Å². The number of ether oxygens (including phenoxy) is 2. The van der Waals surface area contributed by atoms with Crippen LogP contribution in [0, 0.1) is 13.8 Å². The van der Waals surface area contributed by atoms with Crippen LogP contribution in [0.2, 0.25) is 0 Å². The Hall–Kier alpha value is -1.90. The minimum Gasteiger partial charge on any atom is -0.466 e. The van der Waals surface area contributed by atoms with E-state index in [2.05, 4.69) is 10.2 Å². The van der Waals surface area contributed by atoms with Gasteiger partial charge in [0.05, 0.1) is 18.8 Å². The third-order valence-corrected chi connectivity index (χ3v) is 4.80. The van der Waals surface area contributed by atoms with Crippen molar-refractivity contribution in [2.45, 2.75) is 26.7 Å². The lowest BCUT2D eigenvalue weighted by atomic mass is 10.2. The summed E-state index contributed by atoms with van der Waals surface area (Å²) in [5.41, 5.74) is 0.558. The maximum absolute atomic E-state index is 12.9. The van der Waals surface area contributed by atoms with Crippen molar-refractivity contribution < 1.29 is 23.5 Å². The predicted molar refractivity (Wildman–Crippen MR) is 105 cm³/mol. The van der Waals surface area contributed by atoms with Crippen molar-refractivity contribution in [1.82, 2.24) is 15.1 Å². The fourth-order valence-corrected chi connectivity index (χ4v) is 3.23. The van der Waals surface area contributed by atoms with E-state index in [1.165, 1.54) is 0 Å². The van der Waals surface area contributed by atoms with Gasteiger partial charge in [0.2, 0.25) is 5.91 Å². The summed E-state index contributed by atoms with van der Waals surface area (Å²) < 4.78 is 15.9. The SMILES string of the molecule is COCCCN(CCC(=O)NCCN1CCOCC1)C(=O)c1cc(C)oc1C. The highest BCUT2D eigenvalue weighted by Gasteiger charge is 2.21. The van der Waals surface area contributed by atoms with Crippen molar-refractivity contribution in [3.63, 3.8) is 0 Å². The van der Waals surface area contributed by atoms with E-state index in [9.17, 15) is 9.59 Å². The number of morpholine rings is 1. The Balaban J connectivity index is 1.81. The van der Waals surface area contributed by atoms with Gasteiger partial charge in [-0.1, -0.05) is 0 Å². The first kappa shape index (κ1) is 22.4. The van der Waals surface area contributed by atoms with E-state index in [1.807, 2.05) is 6.92 Å². The van der Waals surface area contributed by atoms with Gasteiger partial charge in [-0.3, -0.25) is 14.5 Å². The Kier molecular flexibility index (Phi) is 9.46. The van der Waals surface area contributed by atoms with Crippen LogP contribution in [0.4, 0.5) is 0 Å². The van der Waals surface area contributed by atoms with Gasteiger partial charge in [-0.25, -0.2) is 0 Å². The Morgan fingerprint density at radius 3 is 2.64 bits per heavy atom. The molecule has 0 saturated carbocycles. The van der Waals surface area contributed by atoms with Gasteiger partial charge >= 0.3 is 0 Å². The highest BCUT2D eigenvalue weighted by molar-refractivity contribution is 5.95. The zero-order valence-corrected chi connectivity index (χ0v) is 17.3. The lowest BCUT2D eigenvalue weighted by Gasteiger charge is -2.26. The second-order valence-corrected chi connectivity index (χ2v) is 7.02. The molecule has 1 saturated heterocycles. The summed E-state index contributed by atoms with van der Waals surface area (Å²) in [7, 11) is 1.64. The monoisotopic (exact) mass is 395 g/mol. The summed E-state index contributed by atoms with van der Waals surface area (Å²) in [6.45, 7) is 9.81. The average Bonchev–Trinajstić information content (AvgIpc) is 3.03. The number of carbonyl (C=O) groups is 2. The van der Waals surface area contributed by atoms with Crippen molar-refractivity contribution in [2.24, 2.45) is 0 Å². The fraction of sp³-hybridized carbons (Fsp3) is 0.700. The lowest BCUT2D eigenvalue weighted by Crippen LogP contribution is -2.42. The molecule has 8 nitrogen and oxygen atoms in total. The van der Waals surface area contributed by atoms with Gasteiger partial charge in [-0.2, -0.15) is 0 Å². The van der Waals surface area contributed by atoms with Crippen LogP contribution in [0.3, 0.4) is 0 Å². The summed E-state index contributed by atoms with van der Waals surface area (Å²) in [5.74, 6) is 1.16. The van der Waals surface area contributed by atoms with Crippen LogP contribution in [-0.4, -0.2) is 87.8 Å². The standard InChI is InChI=1S/C20H33N3O5/c1-16-15-18(17(2)28-16)20(25)23(7-4-12-26-3)8-5-19(24)21-6-9-22-10-13-27-14-11-22/h15H,4-14H2,1-3H3,(H,21,24). The molecule has 28 heavy (non-hydrogen) atoms. The molecule has 0 aromatic carbocycles. The Bertz CT molecular complexity index is 625. The van der Waals surface area contributed by atoms with Gasteiger partial charge in [-0.05, 0) is 26.3 Å². The van der Waals surface area contributed by atoms with Crippen LogP contribution >= 0.6 is 0 Å². The number of furan rings is 1. The first-order valence-electron chi connectivity index (χ1n) is 9.93. The van der Waals surface area contributed by atoms with Crippen molar-refractivity contribution >= 4 is 11.8 Å². The topological polar surface area (TPSA) is 84.3 Å². The van der Waals surface area contributed by atoms with Gasteiger partial charge < -0.3 is 24.1 Å². The highest BCUT2D eigenvalue weighted by Crippen LogP contribution is 2.16. The zero-order chi connectivity index (χ0) is 20.4. The number of nitrogens with zero attached hydrogens (tertiary/aromatic N) is 2. The van der Waals surface area contributed by atoms with E-state index < -0.39 is 0 Å². The van der Waals surface area contributed by atoms with Gasteiger partial charge in [0.1, 0.15) is 11.5 Å². The summed E-state index contributed by atoms with van der Waals surface area (Å²) in [6.07, 6.45) is 0.995. The molecule has 2 heterocycles. The molecule has 0 spiro atoms. The number of carbonyl (C=O) groups excluding carboxylic acids is 2. The van der Waals surface area contributed by atoms with Gasteiger partial charge in [0, 0.05) is 59.4 Å². The molecule has 8 heteroatoms. The molecular formula is C20H33N3O5. The molecule has 0 unspecified atom stereocenters. The molecule has 1 fully saturated rings. The number of methoxy groups -OCH3 is 1. The van der Waals surface area contributed by atoms with E-state index in [0.29, 0.717) is 43.3 Å². The molecule has 1 aliphatic rings. The maximum Gasteiger partial charge on any atom is 0.257 e. The molecule has 0 aliphatic carbocycles. The van der Waals surface area contributed by atoms with Crippen molar-refractivity contribution in [3.8, 4) is 0 Å². The zero-order valence-electron chi connectivity index (χ0n) is 17.3. The second kappa shape index (κ2) is 11.8. The molecule has 1 N–H and O–H groups in total. The third kappa shape index (κ3) is 7.26. The number of nitrogens with one attached hydrogen (secondary N) is 1. The fourth-order valence-electron chi connectivity index (χ4n) is 3.23. The van der Waals surface area contributed by atoms with E-state index in [0.717, 1.165) is 39.3 Å².